The molecule has 0 spiro atoms. The molecule has 3 rings (SSSR count). The highest BCUT2D eigenvalue weighted by Crippen LogP contribution is 2.38. The molecule has 8 heteroatoms. The molecule has 2 heterocycles. The zero-order valence-corrected chi connectivity index (χ0v) is 14.9. The van der Waals surface area contributed by atoms with Gasteiger partial charge in [0.2, 0.25) is 11.9 Å². The minimum atomic E-state index is -0.526. The maximum atomic E-state index is 12.2. The Morgan fingerprint density at radius 2 is 2.19 bits per heavy atom. The number of carbonyl (C=O) groups excluding carboxylic acids is 1. The van der Waals surface area contributed by atoms with Crippen molar-refractivity contribution in [3.63, 3.8) is 0 Å². The summed E-state index contributed by atoms with van der Waals surface area (Å²) in [6.07, 6.45) is 1.11. The van der Waals surface area contributed by atoms with Crippen molar-refractivity contribution in [2.24, 2.45) is 5.73 Å². The van der Waals surface area contributed by atoms with Crippen molar-refractivity contribution in [2.45, 2.75) is 32.7 Å². The lowest BCUT2D eigenvalue weighted by Gasteiger charge is -2.28. The number of primary amides is 1. The summed E-state index contributed by atoms with van der Waals surface area (Å²) in [5, 5.41) is 16.7. The van der Waals surface area contributed by atoms with Crippen molar-refractivity contribution in [3.8, 4) is 5.75 Å². The number of carbonyl (C=O) groups is 1. The SMILES string of the molecule is CCOc1ccccc1[C@H]1C(C(N)=O)=C(C)Nc2nc(CCCO)nn21. The van der Waals surface area contributed by atoms with Gasteiger partial charge < -0.3 is 20.9 Å². The van der Waals surface area contributed by atoms with Crippen LogP contribution in [0.1, 0.15) is 37.7 Å². The van der Waals surface area contributed by atoms with Crippen molar-refractivity contribution in [1.82, 2.24) is 14.8 Å². The number of hydrogen-bond donors (Lipinski definition) is 3. The molecule has 0 aliphatic carbocycles. The molecule has 2 aromatic rings. The summed E-state index contributed by atoms with van der Waals surface area (Å²) >= 11 is 0. The molecular weight excluding hydrogens is 334 g/mol. The molecule has 0 bridgehead atoms. The van der Waals surface area contributed by atoms with Gasteiger partial charge in [-0.3, -0.25) is 4.79 Å². The lowest BCUT2D eigenvalue weighted by Crippen LogP contribution is -2.32. The van der Waals surface area contributed by atoms with Gasteiger partial charge in [-0.1, -0.05) is 18.2 Å². The number of nitrogens with two attached hydrogens (primary N) is 1. The largest absolute Gasteiger partial charge is 0.494 e. The maximum Gasteiger partial charge on any atom is 0.248 e. The Morgan fingerprint density at radius 1 is 1.42 bits per heavy atom. The Labute approximate surface area is 151 Å². The molecule has 4 N–H and O–H groups in total. The predicted octanol–water partition coefficient (Wildman–Crippen LogP) is 1.38. The number of benzene rings is 1. The Hall–Kier alpha value is -2.87. The Bertz CT molecular complexity index is 843. The third-order valence-corrected chi connectivity index (χ3v) is 4.23. The lowest BCUT2D eigenvalue weighted by atomic mass is 9.94. The van der Waals surface area contributed by atoms with E-state index in [1.165, 1.54) is 0 Å². The normalized spacial score (nSPS) is 16.2. The van der Waals surface area contributed by atoms with Crippen LogP contribution in [0.15, 0.2) is 35.5 Å². The average Bonchev–Trinajstić information content (AvgIpc) is 3.01. The molecule has 1 amide bonds. The van der Waals surface area contributed by atoms with E-state index in [-0.39, 0.29) is 6.61 Å². The van der Waals surface area contributed by atoms with Gasteiger partial charge in [-0.15, -0.1) is 0 Å². The van der Waals surface area contributed by atoms with E-state index in [9.17, 15) is 4.79 Å². The van der Waals surface area contributed by atoms with Gasteiger partial charge in [-0.05, 0) is 26.3 Å². The molecule has 0 saturated heterocycles. The van der Waals surface area contributed by atoms with E-state index in [2.05, 4.69) is 15.4 Å². The minimum absolute atomic E-state index is 0.0672. The summed E-state index contributed by atoms with van der Waals surface area (Å²) in [5.41, 5.74) is 7.54. The van der Waals surface area contributed by atoms with Crippen LogP contribution in [-0.2, 0) is 11.2 Å². The van der Waals surface area contributed by atoms with E-state index >= 15 is 0 Å². The summed E-state index contributed by atoms with van der Waals surface area (Å²) in [6.45, 7) is 4.27. The van der Waals surface area contributed by atoms with Crippen molar-refractivity contribution in [3.05, 3.63) is 46.9 Å². The molecule has 1 atom stereocenters. The molecule has 1 aliphatic heterocycles. The number of aliphatic hydroxyl groups excluding tert-OH is 1. The number of aromatic nitrogens is 3. The Balaban J connectivity index is 2.14. The molecular formula is C18H23N5O3. The summed E-state index contributed by atoms with van der Waals surface area (Å²) in [6, 6.07) is 7.00. The number of aliphatic hydroxyl groups is 1. The molecule has 0 fully saturated rings. The maximum absolute atomic E-state index is 12.2. The number of rotatable bonds is 7. The van der Waals surface area contributed by atoms with Crippen molar-refractivity contribution >= 4 is 11.9 Å². The van der Waals surface area contributed by atoms with E-state index in [0.29, 0.717) is 48.2 Å². The number of para-hydroxylation sites is 1. The van der Waals surface area contributed by atoms with Crippen LogP contribution in [0.3, 0.4) is 0 Å². The number of allylic oxidation sites excluding steroid dienone is 1. The molecule has 1 aromatic heterocycles. The van der Waals surface area contributed by atoms with Crippen LogP contribution in [0.4, 0.5) is 5.95 Å². The molecule has 0 unspecified atom stereocenters. The van der Waals surface area contributed by atoms with E-state index in [1.54, 1.807) is 11.6 Å². The second kappa shape index (κ2) is 7.57. The first-order chi connectivity index (χ1) is 12.6. The van der Waals surface area contributed by atoms with Crippen molar-refractivity contribution in [1.29, 1.82) is 0 Å². The number of nitrogens with one attached hydrogen (secondary N) is 1. The van der Waals surface area contributed by atoms with Crippen molar-refractivity contribution in [2.75, 3.05) is 18.5 Å². The smallest absolute Gasteiger partial charge is 0.248 e. The van der Waals surface area contributed by atoms with Gasteiger partial charge in [-0.2, -0.15) is 10.1 Å². The number of aryl methyl sites for hydroxylation is 1. The summed E-state index contributed by atoms with van der Waals surface area (Å²) in [5.74, 6) is 1.28. The topological polar surface area (TPSA) is 115 Å². The van der Waals surface area contributed by atoms with Gasteiger partial charge in [0.05, 0.1) is 12.2 Å². The number of hydrogen-bond acceptors (Lipinski definition) is 6. The number of fused-ring (bicyclic) bond motifs is 1. The molecule has 8 nitrogen and oxygen atoms in total. The first kappa shape index (κ1) is 17.9. The lowest BCUT2D eigenvalue weighted by molar-refractivity contribution is -0.115. The molecule has 1 aromatic carbocycles. The van der Waals surface area contributed by atoms with Gasteiger partial charge in [-0.25, -0.2) is 4.68 Å². The van der Waals surface area contributed by atoms with Crippen LogP contribution >= 0.6 is 0 Å². The third kappa shape index (κ3) is 3.28. The fraction of sp³-hybridized carbons (Fsp3) is 0.389. The van der Waals surface area contributed by atoms with E-state index < -0.39 is 11.9 Å². The first-order valence-electron chi connectivity index (χ1n) is 8.62. The zero-order chi connectivity index (χ0) is 18.7. The van der Waals surface area contributed by atoms with Crippen LogP contribution < -0.4 is 15.8 Å². The number of anilines is 1. The number of amides is 1. The van der Waals surface area contributed by atoms with E-state index in [0.717, 1.165) is 5.56 Å². The molecule has 0 saturated carbocycles. The summed E-state index contributed by atoms with van der Waals surface area (Å²) < 4.78 is 7.41. The van der Waals surface area contributed by atoms with Gasteiger partial charge >= 0.3 is 0 Å². The molecule has 26 heavy (non-hydrogen) atoms. The van der Waals surface area contributed by atoms with Crippen LogP contribution in [0.2, 0.25) is 0 Å². The predicted molar refractivity (Wildman–Crippen MR) is 96.7 cm³/mol. The van der Waals surface area contributed by atoms with E-state index in [1.807, 2.05) is 31.2 Å². The highest BCUT2D eigenvalue weighted by atomic mass is 16.5. The number of ether oxygens (including phenoxy) is 1. The summed E-state index contributed by atoms with van der Waals surface area (Å²) in [4.78, 5) is 16.7. The van der Waals surface area contributed by atoms with Gasteiger partial charge in [0.15, 0.2) is 5.82 Å². The third-order valence-electron chi connectivity index (χ3n) is 4.23. The standard InChI is InChI=1S/C18H23N5O3/c1-3-26-13-8-5-4-7-12(13)16-15(17(19)25)11(2)20-18-21-14(9-6-10-24)22-23(16)18/h4-5,7-8,16,24H,3,6,9-10H2,1-2H3,(H2,19,25)(H,20,21,22)/t16-/m0/s1. The highest BCUT2D eigenvalue weighted by molar-refractivity contribution is 5.95. The van der Waals surface area contributed by atoms with Gasteiger partial charge in [0, 0.05) is 24.3 Å². The molecule has 138 valence electrons. The van der Waals surface area contributed by atoms with Crippen LogP contribution in [0, 0.1) is 0 Å². The van der Waals surface area contributed by atoms with Gasteiger partial charge in [0.1, 0.15) is 11.8 Å². The van der Waals surface area contributed by atoms with Gasteiger partial charge in [0.25, 0.3) is 0 Å². The van der Waals surface area contributed by atoms with E-state index in [4.69, 9.17) is 15.6 Å². The second-order valence-electron chi connectivity index (χ2n) is 6.02. The Kier molecular flexibility index (Phi) is 5.22. The fourth-order valence-electron chi connectivity index (χ4n) is 3.14. The first-order valence-corrected chi connectivity index (χ1v) is 8.62. The quantitative estimate of drug-likeness (QED) is 0.689. The molecule has 0 radical (unpaired) electrons. The highest BCUT2D eigenvalue weighted by Gasteiger charge is 2.34. The molecule has 1 aliphatic rings. The second-order valence-corrected chi connectivity index (χ2v) is 6.02. The van der Waals surface area contributed by atoms with Crippen LogP contribution in [0.25, 0.3) is 0 Å². The minimum Gasteiger partial charge on any atom is -0.494 e. The average molecular weight is 357 g/mol. The zero-order valence-electron chi connectivity index (χ0n) is 14.9. The van der Waals surface area contributed by atoms with Crippen LogP contribution in [0.5, 0.6) is 5.75 Å². The number of nitrogens with zero attached hydrogens (tertiary/aromatic N) is 3. The monoisotopic (exact) mass is 357 g/mol. The van der Waals surface area contributed by atoms with Crippen molar-refractivity contribution < 1.29 is 14.6 Å². The van der Waals surface area contributed by atoms with Crippen LogP contribution in [-0.4, -0.2) is 39.0 Å². The Morgan fingerprint density at radius 3 is 2.88 bits per heavy atom. The summed E-state index contributed by atoms with van der Waals surface area (Å²) in [7, 11) is 0. The fourth-order valence-corrected chi connectivity index (χ4v) is 3.14.